The summed E-state index contributed by atoms with van der Waals surface area (Å²) in [5.74, 6) is 0.887. The van der Waals surface area contributed by atoms with E-state index in [1.165, 1.54) is 0 Å². The Morgan fingerprint density at radius 2 is 2.31 bits per heavy atom. The Bertz CT molecular complexity index is 304. The van der Waals surface area contributed by atoms with E-state index in [0.29, 0.717) is 0 Å². The molecule has 0 aromatic carbocycles. The van der Waals surface area contributed by atoms with Crippen molar-refractivity contribution < 1.29 is 4.74 Å². The van der Waals surface area contributed by atoms with Gasteiger partial charge < -0.3 is 10.5 Å². The smallest absolute Gasteiger partial charge is 0.128 e. The van der Waals surface area contributed by atoms with Crippen molar-refractivity contribution >= 4 is 0 Å². The van der Waals surface area contributed by atoms with E-state index in [-0.39, 0.29) is 6.04 Å². The number of rotatable bonds is 7. The monoisotopic (exact) mass is 223 g/mol. The fraction of sp³-hybridized carbons (Fsp3) is 0.667. The van der Waals surface area contributed by atoms with Crippen molar-refractivity contribution in [3.63, 3.8) is 0 Å². The SMILES string of the molecule is CCC(N)Cc1ccnc(CCCOC)n1. The third-order valence-corrected chi connectivity index (χ3v) is 2.51. The number of aryl methyl sites for hydroxylation is 1. The normalized spacial score (nSPS) is 12.7. The summed E-state index contributed by atoms with van der Waals surface area (Å²) in [6.07, 6.45) is 5.44. The van der Waals surface area contributed by atoms with Gasteiger partial charge in [-0.15, -0.1) is 0 Å². The summed E-state index contributed by atoms with van der Waals surface area (Å²) in [7, 11) is 1.71. The van der Waals surface area contributed by atoms with Crippen LogP contribution in [0.5, 0.6) is 0 Å². The highest BCUT2D eigenvalue weighted by atomic mass is 16.5. The number of nitrogens with zero attached hydrogens (tertiary/aromatic N) is 2. The fourth-order valence-corrected chi connectivity index (χ4v) is 1.46. The first-order valence-electron chi connectivity index (χ1n) is 5.81. The lowest BCUT2D eigenvalue weighted by atomic mass is 10.1. The Hall–Kier alpha value is -1.00. The van der Waals surface area contributed by atoms with Gasteiger partial charge in [-0.1, -0.05) is 6.92 Å². The zero-order valence-corrected chi connectivity index (χ0v) is 10.1. The minimum absolute atomic E-state index is 0.196. The molecule has 90 valence electrons. The molecule has 0 aliphatic heterocycles. The summed E-state index contributed by atoms with van der Waals surface area (Å²) in [6, 6.07) is 2.14. The minimum atomic E-state index is 0.196. The summed E-state index contributed by atoms with van der Waals surface area (Å²) < 4.78 is 5.00. The van der Waals surface area contributed by atoms with Gasteiger partial charge in [0.15, 0.2) is 0 Å². The molecule has 2 N–H and O–H groups in total. The van der Waals surface area contributed by atoms with Gasteiger partial charge in [-0.05, 0) is 18.9 Å². The van der Waals surface area contributed by atoms with Gasteiger partial charge in [-0.3, -0.25) is 0 Å². The van der Waals surface area contributed by atoms with Crippen LogP contribution in [0, 0.1) is 0 Å². The number of hydrogen-bond donors (Lipinski definition) is 1. The topological polar surface area (TPSA) is 61.0 Å². The van der Waals surface area contributed by atoms with Crippen molar-refractivity contribution in [2.75, 3.05) is 13.7 Å². The van der Waals surface area contributed by atoms with Crippen LogP contribution < -0.4 is 5.73 Å². The number of methoxy groups -OCH3 is 1. The van der Waals surface area contributed by atoms with Crippen molar-refractivity contribution in [2.24, 2.45) is 5.73 Å². The molecule has 1 heterocycles. The van der Waals surface area contributed by atoms with Gasteiger partial charge >= 0.3 is 0 Å². The second-order valence-corrected chi connectivity index (χ2v) is 3.93. The summed E-state index contributed by atoms with van der Waals surface area (Å²) in [4.78, 5) is 8.72. The van der Waals surface area contributed by atoms with Crippen LogP contribution in [0.25, 0.3) is 0 Å². The van der Waals surface area contributed by atoms with E-state index in [4.69, 9.17) is 10.5 Å². The molecule has 1 atom stereocenters. The zero-order valence-electron chi connectivity index (χ0n) is 10.1. The Labute approximate surface area is 97.2 Å². The summed E-state index contributed by atoms with van der Waals surface area (Å²) >= 11 is 0. The predicted octanol–water partition coefficient (Wildman–Crippen LogP) is 1.34. The van der Waals surface area contributed by atoms with Gasteiger partial charge in [-0.2, -0.15) is 0 Å². The molecule has 1 aromatic rings. The maximum atomic E-state index is 5.90. The minimum Gasteiger partial charge on any atom is -0.385 e. The van der Waals surface area contributed by atoms with Crippen molar-refractivity contribution in [1.29, 1.82) is 0 Å². The third kappa shape index (κ3) is 4.68. The number of ether oxygens (including phenoxy) is 1. The maximum absolute atomic E-state index is 5.90. The molecular weight excluding hydrogens is 202 g/mol. The van der Waals surface area contributed by atoms with Gasteiger partial charge in [0.2, 0.25) is 0 Å². The highest BCUT2D eigenvalue weighted by Gasteiger charge is 2.04. The van der Waals surface area contributed by atoms with Gasteiger partial charge in [0.1, 0.15) is 5.82 Å². The van der Waals surface area contributed by atoms with Crippen molar-refractivity contribution in [3.05, 3.63) is 23.8 Å². The Kier molecular flexibility index (Phi) is 5.96. The first-order chi connectivity index (χ1) is 7.76. The highest BCUT2D eigenvalue weighted by Crippen LogP contribution is 2.03. The molecule has 0 radical (unpaired) electrons. The van der Waals surface area contributed by atoms with E-state index in [1.807, 2.05) is 12.3 Å². The zero-order chi connectivity index (χ0) is 11.8. The second-order valence-electron chi connectivity index (χ2n) is 3.93. The molecule has 0 aliphatic rings. The molecule has 0 amide bonds. The molecule has 1 aromatic heterocycles. The molecule has 0 aliphatic carbocycles. The molecule has 0 fully saturated rings. The van der Waals surface area contributed by atoms with Gasteiger partial charge in [0, 0.05) is 44.5 Å². The molecule has 16 heavy (non-hydrogen) atoms. The average molecular weight is 223 g/mol. The molecule has 4 nitrogen and oxygen atoms in total. The van der Waals surface area contributed by atoms with Crippen LogP contribution in [0.2, 0.25) is 0 Å². The Balaban J connectivity index is 2.50. The van der Waals surface area contributed by atoms with Crippen LogP contribution in [0.1, 0.15) is 31.3 Å². The van der Waals surface area contributed by atoms with E-state index in [9.17, 15) is 0 Å². The van der Waals surface area contributed by atoms with Crippen LogP contribution >= 0.6 is 0 Å². The van der Waals surface area contributed by atoms with E-state index >= 15 is 0 Å². The van der Waals surface area contributed by atoms with E-state index in [1.54, 1.807) is 7.11 Å². The lowest BCUT2D eigenvalue weighted by molar-refractivity contribution is 0.194. The first-order valence-corrected chi connectivity index (χ1v) is 5.81. The first kappa shape index (κ1) is 13.1. The lowest BCUT2D eigenvalue weighted by Gasteiger charge is -2.08. The van der Waals surface area contributed by atoms with Crippen molar-refractivity contribution in [1.82, 2.24) is 9.97 Å². The lowest BCUT2D eigenvalue weighted by Crippen LogP contribution is -2.22. The van der Waals surface area contributed by atoms with Crippen LogP contribution in [0.15, 0.2) is 12.3 Å². The van der Waals surface area contributed by atoms with Gasteiger partial charge in [0.05, 0.1) is 0 Å². The molecule has 0 saturated heterocycles. The molecule has 1 unspecified atom stereocenters. The van der Waals surface area contributed by atoms with Crippen molar-refractivity contribution in [3.8, 4) is 0 Å². The molecule has 0 saturated carbocycles. The van der Waals surface area contributed by atoms with Crippen molar-refractivity contribution in [2.45, 2.75) is 38.6 Å². The highest BCUT2D eigenvalue weighted by molar-refractivity contribution is 5.04. The quantitative estimate of drug-likeness (QED) is 0.708. The summed E-state index contributed by atoms with van der Waals surface area (Å²) in [5.41, 5.74) is 6.93. The third-order valence-electron chi connectivity index (χ3n) is 2.51. The van der Waals surface area contributed by atoms with Crippen LogP contribution in [-0.2, 0) is 17.6 Å². The predicted molar refractivity (Wildman–Crippen MR) is 64.2 cm³/mol. The van der Waals surface area contributed by atoms with Crippen LogP contribution in [0.4, 0.5) is 0 Å². The summed E-state index contributed by atoms with van der Waals surface area (Å²) in [5, 5.41) is 0. The van der Waals surface area contributed by atoms with Crippen LogP contribution in [0.3, 0.4) is 0 Å². The standard InChI is InChI=1S/C12H21N3O/c1-3-10(13)9-11-6-7-14-12(15-11)5-4-8-16-2/h6-7,10H,3-5,8-9,13H2,1-2H3. The molecule has 0 bridgehead atoms. The molecular formula is C12H21N3O. The molecule has 0 spiro atoms. The Morgan fingerprint density at radius 1 is 1.50 bits per heavy atom. The number of aromatic nitrogens is 2. The summed E-state index contributed by atoms with van der Waals surface area (Å²) in [6.45, 7) is 2.84. The Morgan fingerprint density at radius 3 is 3.00 bits per heavy atom. The molecule has 1 rings (SSSR count). The van der Waals surface area contributed by atoms with E-state index in [2.05, 4.69) is 16.9 Å². The molecule has 4 heteroatoms. The second kappa shape index (κ2) is 7.30. The number of hydrogen-bond acceptors (Lipinski definition) is 4. The van der Waals surface area contributed by atoms with Crippen LogP contribution in [-0.4, -0.2) is 29.7 Å². The maximum Gasteiger partial charge on any atom is 0.128 e. The van der Waals surface area contributed by atoms with Gasteiger partial charge in [0.25, 0.3) is 0 Å². The van der Waals surface area contributed by atoms with E-state index in [0.717, 1.165) is 43.8 Å². The number of nitrogens with two attached hydrogens (primary N) is 1. The van der Waals surface area contributed by atoms with Gasteiger partial charge in [-0.25, -0.2) is 9.97 Å². The fourth-order valence-electron chi connectivity index (χ4n) is 1.46. The largest absolute Gasteiger partial charge is 0.385 e. The average Bonchev–Trinajstić information content (AvgIpc) is 2.30. The van der Waals surface area contributed by atoms with E-state index < -0.39 is 0 Å².